The van der Waals surface area contributed by atoms with Crippen molar-refractivity contribution in [2.45, 2.75) is 6.10 Å². The van der Waals surface area contributed by atoms with Gasteiger partial charge in [-0.25, -0.2) is 4.57 Å². The SMILES string of the molecule is O=P(O)(O)OCC(O)CO.[Na].[Na]. The smallest absolute Gasteiger partial charge is 0.394 e. The van der Waals surface area contributed by atoms with Gasteiger partial charge in [-0.15, -0.1) is 0 Å². The molecule has 0 aromatic heterocycles. The quantitative estimate of drug-likeness (QED) is 0.312. The van der Waals surface area contributed by atoms with E-state index in [9.17, 15) is 4.57 Å². The van der Waals surface area contributed by atoms with Gasteiger partial charge in [0.15, 0.2) is 0 Å². The zero-order valence-corrected chi connectivity index (χ0v) is 11.9. The fourth-order valence-electron chi connectivity index (χ4n) is 0.236. The standard InChI is InChI=1S/C3H9O6P.2Na/c4-1-3(5)2-9-10(6,7)8;;/h3-5H,1-2H2,(H2,6,7,8);;. The van der Waals surface area contributed by atoms with E-state index < -0.39 is 27.1 Å². The third-order valence-corrected chi connectivity index (χ3v) is 1.13. The fraction of sp³-hybridized carbons (Fsp3) is 1.00. The molecular formula is C3H9Na2O6P. The summed E-state index contributed by atoms with van der Waals surface area (Å²) in [4.78, 5) is 16.1. The van der Waals surface area contributed by atoms with Crippen molar-refractivity contribution in [1.82, 2.24) is 0 Å². The molecule has 4 N–H and O–H groups in total. The summed E-state index contributed by atoms with van der Waals surface area (Å²) in [6.07, 6.45) is -1.24. The van der Waals surface area contributed by atoms with Crippen molar-refractivity contribution in [2.24, 2.45) is 0 Å². The molecule has 12 heavy (non-hydrogen) atoms. The Bertz CT molecular complexity index is 137. The van der Waals surface area contributed by atoms with E-state index in [0.717, 1.165) is 0 Å². The first kappa shape index (κ1) is 19.6. The summed E-state index contributed by atoms with van der Waals surface area (Å²) < 4.78 is 13.8. The predicted octanol–water partition coefficient (Wildman–Crippen LogP) is -2.31. The summed E-state index contributed by atoms with van der Waals surface area (Å²) in [6, 6.07) is 0. The third-order valence-electron chi connectivity index (χ3n) is 0.646. The summed E-state index contributed by atoms with van der Waals surface area (Å²) in [7, 11) is -4.50. The van der Waals surface area contributed by atoms with Crippen LogP contribution in [0.15, 0.2) is 0 Å². The molecule has 9 heteroatoms. The van der Waals surface area contributed by atoms with E-state index >= 15 is 0 Å². The van der Waals surface area contributed by atoms with E-state index in [1.165, 1.54) is 0 Å². The maximum atomic E-state index is 9.93. The summed E-state index contributed by atoms with van der Waals surface area (Å²) in [6.45, 7) is -1.15. The van der Waals surface area contributed by atoms with E-state index in [2.05, 4.69) is 4.52 Å². The van der Waals surface area contributed by atoms with Gasteiger partial charge in [0.1, 0.15) is 6.10 Å². The molecule has 0 spiro atoms. The van der Waals surface area contributed by atoms with Gasteiger partial charge in [0.2, 0.25) is 0 Å². The van der Waals surface area contributed by atoms with Crippen molar-refractivity contribution in [2.75, 3.05) is 13.2 Å². The van der Waals surface area contributed by atoms with Gasteiger partial charge in [0, 0.05) is 59.1 Å². The van der Waals surface area contributed by atoms with Crippen LogP contribution < -0.4 is 0 Å². The van der Waals surface area contributed by atoms with Gasteiger partial charge in [-0.2, -0.15) is 0 Å². The first-order valence-corrected chi connectivity index (χ1v) is 3.98. The van der Waals surface area contributed by atoms with E-state index in [1.807, 2.05) is 0 Å². The maximum absolute atomic E-state index is 9.93. The molecule has 0 bridgehead atoms. The number of hydrogen-bond donors (Lipinski definition) is 4. The Kier molecular flexibility index (Phi) is 15.6. The van der Waals surface area contributed by atoms with Crippen molar-refractivity contribution < 1.29 is 29.1 Å². The summed E-state index contributed by atoms with van der Waals surface area (Å²) in [5.41, 5.74) is 0. The molecule has 0 fully saturated rings. The minimum absolute atomic E-state index is 0. The van der Waals surface area contributed by atoms with Gasteiger partial charge in [-0.3, -0.25) is 4.52 Å². The molecule has 2 radical (unpaired) electrons. The fourth-order valence-corrected chi connectivity index (χ4v) is 0.602. The van der Waals surface area contributed by atoms with Crippen LogP contribution in [0.25, 0.3) is 0 Å². The number of aliphatic hydroxyl groups is 2. The van der Waals surface area contributed by atoms with Crippen LogP contribution in [0.4, 0.5) is 0 Å². The van der Waals surface area contributed by atoms with Gasteiger partial charge in [-0.05, 0) is 0 Å². The summed E-state index contributed by atoms with van der Waals surface area (Å²) in [5, 5.41) is 16.7. The minimum Gasteiger partial charge on any atom is -0.394 e. The zero-order valence-electron chi connectivity index (χ0n) is 7.04. The topological polar surface area (TPSA) is 107 Å². The zero-order chi connectivity index (χ0) is 8.20. The molecule has 0 saturated carbocycles. The Balaban J connectivity index is -0.000000405. The number of phosphoric acid groups is 1. The first-order chi connectivity index (χ1) is 4.45. The van der Waals surface area contributed by atoms with Crippen LogP contribution in [0.2, 0.25) is 0 Å². The van der Waals surface area contributed by atoms with Gasteiger partial charge < -0.3 is 20.0 Å². The number of hydrogen-bond acceptors (Lipinski definition) is 4. The van der Waals surface area contributed by atoms with Crippen molar-refractivity contribution in [3.63, 3.8) is 0 Å². The van der Waals surface area contributed by atoms with Crippen LogP contribution in [0.3, 0.4) is 0 Å². The normalized spacial score (nSPS) is 12.7. The van der Waals surface area contributed by atoms with Crippen LogP contribution >= 0.6 is 7.82 Å². The van der Waals surface area contributed by atoms with Crippen LogP contribution in [-0.4, -0.2) is 98.4 Å². The van der Waals surface area contributed by atoms with Gasteiger partial charge in [-0.1, -0.05) is 0 Å². The van der Waals surface area contributed by atoms with Crippen molar-refractivity contribution >= 4 is 66.9 Å². The van der Waals surface area contributed by atoms with Gasteiger partial charge in [0.25, 0.3) is 0 Å². The average Bonchev–Trinajstić information content (AvgIpc) is 1.81. The monoisotopic (exact) mass is 218 g/mol. The third kappa shape index (κ3) is 14.5. The Morgan fingerprint density at radius 1 is 1.33 bits per heavy atom. The first-order valence-electron chi connectivity index (χ1n) is 2.44. The van der Waals surface area contributed by atoms with Gasteiger partial charge >= 0.3 is 7.82 Å². The van der Waals surface area contributed by atoms with Crippen molar-refractivity contribution in [3.05, 3.63) is 0 Å². The van der Waals surface area contributed by atoms with E-state index in [-0.39, 0.29) is 59.1 Å². The maximum Gasteiger partial charge on any atom is 0.469 e. The Hall–Kier alpha value is 2.03. The predicted molar refractivity (Wildman–Crippen MR) is 42.6 cm³/mol. The summed E-state index contributed by atoms with van der Waals surface area (Å²) in [5.74, 6) is 0. The molecule has 0 amide bonds. The Labute approximate surface area is 114 Å². The van der Waals surface area contributed by atoms with Crippen molar-refractivity contribution in [3.8, 4) is 0 Å². The van der Waals surface area contributed by atoms with E-state index in [4.69, 9.17) is 20.0 Å². The Morgan fingerprint density at radius 3 is 2.00 bits per heavy atom. The van der Waals surface area contributed by atoms with Crippen molar-refractivity contribution in [1.29, 1.82) is 0 Å². The number of rotatable bonds is 4. The number of aliphatic hydroxyl groups excluding tert-OH is 2. The number of phosphoric ester groups is 1. The molecule has 6 nitrogen and oxygen atoms in total. The van der Waals surface area contributed by atoms with Crippen LogP contribution in [0.1, 0.15) is 0 Å². The van der Waals surface area contributed by atoms with E-state index in [1.54, 1.807) is 0 Å². The average molecular weight is 218 g/mol. The minimum atomic E-state index is -4.50. The van der Waals surface area contributed by atoms with Gasteiger partial charge in [0.05, 0.1) is 13.2 Å². The molecule has 0 aliphatic rings. The molecule has 0 rings (SSSR count). The van der Waals surface area contributed by atoms with E-state index in [0.29, 0.717) is 0 Å². The molecule has 0 saturated heterocycles. The molecule has 64 valence electrons. The molecule has 0 aliphatic heterocycles. The molecule has 1 atom stereocenters. The van der Waals surface area contributed by atoms with Crippen LogP contribution in [0, 0.1) is 0 Å². The molecule has 0 aliphatic carbocycles. The Morgan fingerprint density at radius 2 is 1.75 bits per heavy atom. The molecule has 0 aromatic carbocycles. The largest absolute Gasteiger partial charge is 0.469 e. The second-order valence-electron chi connectivity index (χ2n) is 1.62. The molecular weight excluding hydrogens is 209 g/mol. The molecule has 1 unspecified atom stereocenters. The summed E-state index contributed by atoms with van der Waals surface area (Å²) >= 11 is 0. The second-order valence-corrected chi connectivity index (χ2v) is 2.86. The van der Waals surface area contributed by atoms with Crippen LogP contribution in [0.5, 0.6) is 0 Å². The van der Waals surface area contributed by atoms with Crippen LogP contribution in [-0.2, 0) is 9.09 Å². The molecule has 0 aromatic rings. The second kappa shape index (κ2) is 9.58. The molecule has 0 heterocycles.